The molecule has 2 aliphatic rings. The Hall–Kier alpha value is -3.92. The van der Waals surface area contributed by atoms with Crippen LogP contribution in [0.15, 0.2) is 66.7 Å². The molecule has 4 N–H and O–H groups in total. The van der Waals surface area contributed by atoms with Crippen LogP contribution in [0.2, 0.25) is 0 Å². The monoisotopic (exact) mass is 725 g/mol. The molecule has 2 unspecified atom stereocenters. The molecule has 9 nitrogen and oxygen atoms in total. The number of ether oxygens (including phenoxy) is 1. The largest absolute Gasteiger partial charge is 0.496 e. The van der Waals surface area contributed by atoms with Gasteiger partial charge in [-0.05, 0) is 86.4 Å². The lowest BCUT2D eigenvalue weighted by atomic mass is 9.61. The van der Waals surface area contributed by atoms with Crippen molar-refractivity contribution in [2.45, 2.75) is 90.5 Å². The second-order valence-corrected chi connectivity index (χ2v) is 16.7. The minimum absolute atomic E-state index is 0.0672. The maximum absolute atomic E-state index is 14.0. The molecule has 1 saturated heterocycles. The van der Waals surface area contributed by atoms with Gasteiger partial charge in [0, 0.05) is 74.2 Å². The third-order valence-electron chi connectivity index (χ3n) is 11.8. The highest BCUT2D eigenvalue weighted by Gasteiger charge is 2.43. The molecule has 0 aromatic heterocycles. The Morgan fingerprint density at radius 2 is 1.77 bits per heavy atom. The van der Waals surface area contributed by atoms with E-state index in [9.17, 15) is 9.59 Å². The highest BCUT2D eigenvalue weighted by atomic mass is 16.5. The SMILES string of the molecule is CC[C@H]1[C@H](C)C(NC(=O)[C@@H]2C[C@H](N)CN2Cc2cccc(-c3cc(C(=O)NC(Cc4ccccc4)CN(C)C)cc(N(C)C)c3)c2OC)CCC1(C)C. The van der Waals surface area contributed by atoms with Crippen molar-refractivity contribution < 1.29 is 14.3 Å². The Kier molecular flexibility index (Phi) is 13.3. The first kappa shape index (κ1) is 40.3. The lowest BCUT2D eigenvalue weighted by Crippen LogP contribution is -2.53. The number of hydrogen-bond acceptors (Lipinski definition) is 7. The number of para-hydroxylation sites is 1. The minimum Gasteiger partial charge on any atom is -0.496 e. The molecule has 9 heteroatoms. The number of amides is 2. The van der Waals surface area contributed by atoms with Crippen LogP contribution in [0.1, 0.15) is 74.9 Å². The summed E-state index contributed by atoms with van der Waals surface area (Å²) < 4.78 is 6.14. The summed E-state index contributed by atoms with van der Waals surface area (Å²) in [4.78, 5) is 34.3. The molecule has 0 bridgehead atoms. The zero-order valence-corrected chi connectivity index (χ0v) is 33.6. The van der Waals surface area contributed by atoms with Crippen LogP contribution < -0.4 is 26.0 Å². The number of nitrogens with two attached hydrogens (primary N) is 1. The van der Waals surface area contributed by atoms with Gasteiger partial charge < -0.3 is 30.9 Å². The summed E-state index contributed by atoms with van der Waals surface area (Å²) in [6.45, 7) is 11.2. The number of likely N-dealkylation sites (N-methyl/N-ethyl adjacent to an activating group) is 1. The van der Waals surface area contributed by atoms with Crippen LogP contribution in [0.25, 0.3) is 11.1 Å². The van der Waals surface area contributed by atoms with Crippen molar-refractivity contribution in [2.24, 2.45) is 23.0 Å². The number of nitrogens with zero attached hydrogens (tertiary/aromatic N) is 3. The van der Waals surface area contributed by atoms with E-state index in [0.29, 0.717) is 43.5 Å². The highest BCUT2D eigenvalue weighted by molar-refractivity contribution is 5.97. The number of benzene rings is 3. The molecule has 1 heterocycles. The molecule has 53 heavy (non-hydrogen) atoms. The van der Waals surface area contributed by atoms with Gasteiger partial charge in [-0.3, -0.25) is 14.5 Å². The van der Waals surface area contributed by atoms with E-state index >= 15 is 0 Å². The van der Waals surface area contributed by atoms with E-state index in [1.807, 2.05) is 75.6 Å². The average Bonchev–Trinajstić information content (AvgIpc) is 3.49. The van der Waals surface area contributed by atoms with Gasteiger partial charge >= 0.3 is 0 Å². The number of nitrogens with one attached hydrogen (secondary N) is 2. The number of methoxy groups -OCH3 is 1. The van der Waals surface area contributed by atoms with Gasteiger partial charge in [0.05, 0.1) is 13.2 Å². The van der Waals surface area contributed by atoms with Crippen LogP contribution in [0, 0.1) is 17.3 Å². The Bertz CT molecular complexity index is 1690. The van der Waals surface area contributed by atoms with Crippen molar-refractivity contribution >= 4 is 17.5 Å². The Balaban J connectivity index is 1.39. The number of rotatable bonds is 14. The van der Waals surface area contributed by atoms with Crippen LogP contribution in [0.3, 0.4) is 0 Å². The lowest BCUT2D eigenvalue weighted by Gasteiger charge is -2.47. The average molecular weight is 725 g/mol. The van der Waals surface area contributed by atoms with Gasteiger partial charge in [0.15, 0.2) is 0 Å². The van der Waals surface area contributed by atoms with E-state index in [4.69, 9.17) is 10.5 Å². The zero-order chi connectivity index (χ0) is 38.4. The maximum Gasteiger partial charge on any atom is 0.251 e. The summed E-state index contributed by atoms with van der Waals surface area (Å²) in [5.41, 5.74) is 12.3. The summed E-state index contributed by atoms with van der Waals surface area (Å²) >= 11 is 0. The van der Waals surface area contributed by atoms with Crippen LogP contribution in [-0.2, 0) is 17.8 Å². The second-order valence-electron chi connectivity index (χ2n) is 16.7. The van der Waals surface area contributed by atoms with E-state index in [1.165, 1.54) is 5.56 Å². The van der Waals surface area contributed by atoms with Crippen LogP contribution in [-0.4, -0.2) is 94.2 Å². The molecule has 2 fully saturated rings. The topological polar surface area (TPSA) is 103 Å². The van der Waals surface area contributed by atoms with Crippen molar-refractivity contribution in [2.75, 3.05) is 53.3 Å². The Morgan fingerprint density at radius 3 is 2.43 bits per heavy atom. The van der Waals surface area contributed by atoms with Gasteiger partial charge in [0.1, 0.15) is 5.75 Å². The normalized spacial score (nSPS) is 23.4. The van der Waals surface area contributed by atoms with Gasteiger partial charge in [-0.1, -0.05) is 82.6 Å². The zero-order valence-electron chi connectivity index (χ0n) is 33.6. The number of carbonyl (C=O) groups is 2. The van der Waals surface area contributed by atoms with Crippen LogP contribution >= 0.6 is 0 Å². The fourth-order valence-corrected chi connectivity index (χ4v) is 9.08. The van der Waals surface area contributed by atoms with Gasteiger partial charge in [-0.15, -0.1) is 0 Å². The summed E-state index contributed by atoms with van der Waals surface area (Å²) in [6.07, 6.45) is 4.59. The molecule has 0 radical (unpaired) electrons. The molecule has 3 aromatic carbocycles. The first-order chi connectivity index (χ1) is 25.2. The fraction of sp³-hybridized carbons (Fsp3) is 0.545. The Morgan fingerprint density at radius 1 is 1.04 bits per heavy atom. The first-order valence-corrected chi connectivity index (χ1v) is 19.5. The molecule has 1 aliphatic heterocycles. The number of likely N-dealkylation sites (tertiary alicyclic amines) is 1. The Labute approximate surface area is 318 Å². The van der Waals surface area contributed by atoms with E-state index in [2.05, 4.69) is 72.4 Å². The molecule has 6 atom stereocenters. The predicted octanol–water partition coefficient (Wildman–Crippen LogP) is 6.20. The number of carbonyl (C=O) groups excluding carboxylic acids is 2. The molecule has 5 rings (SSSR count). The molecule has 288 valence electrons. The minimum atomic E-state index is -0.307. The maximum atomic E-state index is 14.0. The quantitative estimate of drug-likeness (QED) is 0.182. The number of hydrogen-bond donors (Lipinski definition) is 3. The summed E-state index contributed by atoms with van der Waals surface area (Å²) in [5.74, 6) is 1.68. The summed E-state index contributed by atoms with van der Waals surface area (Å²) in [6, 6.07) is 22.1. The van der Waals surface area contributed by atoms with Crippen LogP contribution in [0.4, 0.5) is 5.69 Å². The van der Waals surface area contributed by atoms with Crippen molar-refractivity contribution in [3.63, 3.8) is 0 Å². The summed E-state index contributed by atoms with van der Waals surface area (Å²) in [5, 5.41) is 6.79. The van der Waals surface area contributed by atoms with Crippen molar-refractivity contribution in [1.82, 2.24) is 20.4 Å². The molecule has 1 aliphatic carbocycles. The first-order valence-electron chi connectivity index (χ1n) is 19.5. The molecule has 3 aromatic rings. The smallest absolute Gasteiger partial charge is 0.251 e. The molecule has 1 saturated carbocycles. The lowest BCUT2D eigenvalue weighted by molar-refractivity contribution is -0.127. The van der Waals surface area contributed by atoms with Crippen molar-refractivity contribution in [1.29, 1.82) is 0 Å². The van der Waals surface area contributed by atoms with Gasteiger partial charge in [-0.2, -0.15) is 0 Å². The van der Waals surface area contributed by atoms with Gasteiger partial charge in [0.25, 0.3) is 5.91 Å². The van der Waals surface area contributed by atoms with E-state index < -0.39 is 0 Å². The molecule has 2 amide bonds. The second kappa shape index (κ2) is 17.5. The van der Waals surface area contributed by atoms with Crippen LogP contribution in [0.5, 0.6) is 5.75 Å². The fourth-order valence-electron chi connectivity index (χ4n) is 9.08. The predicted molar refractivity (Wildman–Crippen MR) is 217 cm³/mol. The van der Waals surface area contributed by atoms with Crippen molar-refractivity contribution in [3.05, 3.63) is 83.4 Å². The number of anilines is 1. The summed E-state index contributed by atoms with van der Waals surface area (Å²) in [7, 11) is 9.71. The van der Waals surface area contributed by atoms with Gasteiger partial charge in [-0.25, -0.2) is 0 Å². The third-order valence-corrected chi connectivity index (χ3v) is 11.8. The third kappa shape index (κ3) is 9.80. The van der Waals surface area contributed by atoms with E-state index in [1.54, 1.807) is 7.11 Å². The van der Waals surface area contributed by atoms with E-state index in [0.717, 1.165) is 53.8 Å². The molecular formula is C44H64N6O3. The standard InChI is InChI=1S/C44H64N6O3/c1-10-38-29(2)39(19-20-44(38,3)4)47-43(52)40-25-34(45)27-50(40)26-31-17-14-18-37(41(31)53-9)32-22-33(24-36(23-32)49(7)8)42(51)46-35(28-48(5)6)21-30-15-12-11-13-16-30/h11-18,22-24,29,34-35,38-40H,10,19-21,25-28,45H2,1-9H3,(H,46,51)(H,47,52)/t29-,34-,35?,38-,39?,40-/m0/s1. The molecule has 0 spiro atoms. The molecular weight excluding hydrogens is 661 g/mol. The highest BCUT2D eigenvalue weighted by Crippen LogP contribution is 2.46. The van der Waals surface area contributed by atoms with E-state index in [-0.39, 0.29) is 41.4 Å². The van der Waals surface area contributed by atoms with Crippen molar-refractivity contribution in [3.8, 4) is 16.9 Å². The van der Waals surface area contributed by atoms with Gasteiger partial charge in [0.2, 0.25) is 5.91 Å².